The maximum atomic E-state index is 12.6. The molecule has 6 nitrogen and oxygen atoms in total. The van der Waals surface area contributed by atoms with Crippen molar-refractivity contribution in [2.75, 3.05) is 16.0 Å². The van der Waals surface area contributed by atoms with Crippen molar-refractivity contribution in [3.8, 4) is 0 Å². The highest BCUT2D eigenvalue weighted by atomic mass is 16.2. The van der Waals surface area contributed by atoms with Crippen molar-refractivity contribution in [3.63, 3.8) is 0 Å². The SMILES string of the molecule is CCc1ccccc1NC(=O)c1ccnc(Nc2ccc(NC(C)=O)cc2)c1. The van der Waals surface area contributed by atoms with E-state index in [0.717, 1.165) is 23.4 Å². The Morgan fingerprint density at radius 3 is 2.36 bits per heavy atom. The smallest absolute Gasteiger partial charge is 0.255 e. The Kier molecular flexibility index (Phi) is 6.01. The number of hydrogen-bond acceptors (Lipinski definition) is 4. The van der Waals surface area contributed by atoms with Crippen LogP contribution in [0.2, 0.25) is 0 Å². The fourth-order valence-electron chi connectivity index (χ4n) is 2.77. The normalized spacial score (nSPS) is 10.2. The van der Waals surface area contributed by atoms with E-state index in [9.17, 15) is 9.59 Å². The number of amides is 2. The molecule has 0 spiro atoms. The molecular formula is C22H22N4O2. The maximum absolute atomic E-state index is 12.6. The third-order valence-electron chi connectivity index (χ3n) is 4.15. The molecule has 1 aromatic heterocycles. The van der Waals surface area contributed by atoms with E-state index in [0.29, 0.717) is 17.1 Å². The highest BCUT2D eigenvalue weighted by molar-refractivity contribution is 6.05. The Bertz CT molecular complexity index is 984. The van der Waals surface area contributed by atoms with Gasteiger partial charge in [0.25, 0.3) is 5.91 Å². The van der Waals surface area contributed by atoms with Gasteiger partial charge in [0, 0.05) is 35.7 Å². The van der Waals surface area contributed by atoms with Gasteiger partial charge >= 0.3 is 0 Å². The minimum absolute atomic E-state index is 0.120. The summed E-state index contributed by atoms with van der Waals surface area (Å²) in [6, 6.07) is 18.4. The average Bonchev–Trinajstić information content (AvgIpc) is 2.70. The first-order chi connectivity index (χ1) is 13.5. The molecule has 0 radical (unpaired) electrons. The number of benzene rings is 2. The van der Waals surface area contributed by atoms with E-state index in [4.69, 9.17) is 0 Å². The van der Waals surface area contributed by atoms with Crippen molar-refractivity contribution in [2.45, 2.75) is 20.3 Å². The van der Waals surface area contributed by atoms with Gasteiger partial charge in [-0.25, -0.2) is 4.98 Å². The molecule has 3 N–H and O–H groups in total. The summed E-state index contributed by atoms with van der Waals surface area (Å²) in [5.41, 5.74) is 3.93. The van der Waals surface area contributed by atoms with Crippen LogP contribution < -0.4 is 16.0 Å². The first-order valence-electron chi connectivity index (χ1n) is 9.05. The molecule has 6 heteroatoms. The van der Waals surface area contributed by atoms with E-state index >= 15 is 0 Å². The third kappa shape index (κ3) is 4.94. The monoisotopic (exact) mass is 374 g/mol. The molecule has 0 aliphatic carbocycles. The van der Waals surface area contributed by atoms with Gasteiger partial charge in [-0.3, -0.25) is 9.59 Å². The number of aromatic nitrogens is 1. The molecule has 2 amide bonds. The molecule has 0 fully saturated rings. The molecule has 0 bridgehead atoms. The van der Waals surface area contributed by atoms with Gasteiger partial charge in [-0.15, -0.1) is 0 Å². The molecule has 0 saturated heterocycles. The molecule has 0 atom stereocenters. The highest BCUT2D eigenvalue weighted by Crippen LogP contribution is 2.20. The standard InChI is InChI=1S/C22H22N4O2/c1-3-16-6-4-5-7-20(16)26-22(28)17-12-13-23-21(14-17)25-19-10-8-18(9-11-19)24-15(2)27/h4-14H,3H2,1-2H3,(H,23,25)(H,24,27)(H,26,28). The van der Waals surface area contributed by atoms with Crippen LogP contribution in [0.15, 0.2) is 66.9 Å². The van der Waals surface area contributed by atoms with Gasteiger partial charge in [0.1, 0.15) is 5.82 Å². The number of hydrogen-bond donors (Lipinski definition) is 3. The molecule has 1 heterocycles. The maximum Gasteiger partial charge on any atom is 0.255 e. The Hall–Kier alpha value is -3.67. The van der Waals surface area contributed by atoms with Crippen LogP contribution in [-0.4, -0.2) is 16.8 Å². The Morgan fingerprint density at radius 1 is 0.929 bits per heavy atom. The highest BCUT2D eigenvalue weighted by Gasteiger charge is 2.10. The average molecular weight is 374 g/mol. The van der Waals surface area contributed by atoms with E-state index in [1.54, 1.807) is 30.5 Å². The van der Waals surface area contributed by atoms with Crippen LogP contribution in [0, 0.1) is 0 Å². The summed E-state index contributed by atoms with van der Waals surface area (Å²) in [5, 5.41) is 8.84. The molecule has 0 aliphatic heterocycles. The van der Waals surface area contributed by atoms with E-state index in [2.05, 4.69) is 27.9 Å². The summed E-state index contributed by atoms with van der Waals surface area (Å²) in [6.45, 7) is 3.52. The number of pyridine rings is 1. The van der Waals surface area contributed by atoms with E-state index in [-0.39, 0.29) is 11.8 Å². The first kappa shape index (κ1) is 19.1. The van der Waals surface area contributed by atoms with E-state index in [1.807, 2.05) is 36.4 Å². The van der Waals surface area contributed by atoms with Gasteiger partial charge in [-0.1, -0.05) is 25.1 Å². The van der Waals surface area contributed by atoms with Gasteiger partial charge in [-0.2, -0.15) is 0 Å². The predicted octanol–water partition coefficient (Wildman–Crippen LogP) is 4.60. The van der Waals surface area contributed by atoms with Crippen molar-refractivity contribution in [2.24, 2.45) is 0 Å². The van der Waals surface area contributed by atoms with Crippen LogP contribution in [0.1, 0.15) is 29.8 Å². The first-order valence-corrected chi connectivity index (χ1v) is 9.05. The second kappa shape index (κ2) is 8.81. The van der Waals surface area contributed by atoms with E-state index < -0.39 is 0 Å². The molecule has 28 heavy (non-hydrogen) atoms. The van der Waals surface area contributed by atoms with Gasteiger partial charge in [0.2, 0.25) is 5.91 Å². The summed E-state index contributed by atoms with van der Waals surface area (Å²) in [7, 11) is 0. The quantitative estimate of drug-likeness (QED) is 0.589. The number of anilines is 4. The van der Waals surface area contributed by atoms with Crippen LogP contribution >= 0.6 is 0 Å². The number of para-hydroxylation sites is 1. The lowest BCUT2D eigenvalue weighted by Gasteiger charge is -2.11. The van der Waals surface area contributed by atoms with Gasteiger partial charge in [-0.05, 0) is 54.4 Å². The summed E-state index contributed by atoms with van der Waals surface area (Å²) in [6.07, 6.45) is 2.43. The number of carbonyl (C=O) groups excluding carboxylic acids is 2. The summed E-state index contributed by atoms with van der Waals surface area (Å²) >= 11 is 0. The summed E-state index contributed by atoms with van der Waals surface area (Å²) < 4.78 is 0. The molecular weight excluding hydrogens is 352 g/mol. The Balaban J connectivity index is 1.71. The molecule has 0 unspecified atom stereocenters. The van der Waals surface area contributed by atoms with Crippen LogP contribution in [0.4, 0.5) is 22.9 Å². The van der Waals surface area contributed by atoms with Gasteiger partial charge in [0.05, 0.1) is 0 Å². The van der Waals surface area contributed by atoms with Crippen molar-refractivity contribution >= 4 is 34.7 Å². The minimum atomic E-state index is -0.188. The van der Waals surface area contributed by atoms with Crippen LogP contribution in [0.25, 0.3) is 0 Å². The largest absolute Gasteiger partial charge is 0.340 e. The lowest BCUT2D eigenvalue weighted by atomic mass is 10.1. The Morgan fingerprint density at radius 2 is 1.64 bits per heavy atom. The van der Waals surface area contributed by atoms with Crippen molar-refractivity contribution in [3.05, 3.63) is 78.0 Å². The summed E-state index contributed by atoms with van der Waals surface area (Å²) in [5.74, 6) is 0.252. The Labute approximate surface area is 164 Å². The number of rotatable bonds is 6. The number of nitrogens with one attached hydrogen (secondary N) is 3. The topological polar surface area (TPSA) is 83.1 Å². The van der Waals surface area contributed by atoms with Crippen molar-refractivity contribution in [1.82, 2.24) is 4.98 Å². The van der Waals surface area contributed by atoms with Crippen molar-refractivity contribution < 1.29 is 9.59 Å². The fourth-order valence-corrected chi connectivity index (χ4v) is 2.77. The summed E-state index contributed by atoms with van der Waals surface area (Å²) in [4.78, 5) is 28.0. The lowest BCUT2D eigenvalue weighted by Crippen LogP contribution is -2.13. The van der Waals surface area contributed by atoms with Crippen LogP contribution in [0.3, 0.4) is 0 Å². The number of aryl methyl sites for hydroxylation is 1. The second-order valence-electron chi connectivity index (χ2n) is 6.28. The predicted molar refractivity (Wildman–Crippen MR) is 112 cm³/mol. The molecule has 2 aromatic carbocycles. The van der Waals surface area contributed by atoms with Crippen LogP contribution in [0.5, 0.6) is 0 Å². The second-order valence-corrected chi connectivity index (χ2v) is 6.28. The zero-order chi connectivity index (χ0) is 19.9. The van der Waals surface area contributed by atoms with E-state index in [1.165, 1.54) is 6.92 Å². The zero-order valence-corrected chi connectivity index (χ0v) is 15.8. The third-order valence-corrected chi connectivity index (χ3v) is 4.15. The van der Waals surface area contributed by atoms with Crippen LogP contribution in [-0.2, 0) is 11.2 Å². The molecule has 0 aliphatic rings. The van der Waals surface area contributed by atoms with Gasteiger partial charge in [0.15, 0.2) is 0 Å². The van der Waals surface area contributed by atoms with Gasteiger partial charge < -0.3 is 16.0 Å². The minimum Gasteiger partial charge on any atom is -0.340 e. The molecule has 0 saturated carbocycles. The molecule has 3 rings (SSSR count). The molecule has 3 aromatic rings. The fraction of sp³-hybridized carbons (Fsp3) is 0.136. The lowest BCUT2D eigenvalue weighted by molar-refractivity contribution is -0.114. The van der Waals surface area contributed by atoms with Crippen molar-refractivity contribution in [1.29, 1.82) is 0 Å². The number of carbonyl (C=O) groups is 2. The zero-order valence-electron chi connectivity index (χ0n) is 15.8. The molecule has 142 valence electrons. The number of nitrogens with zero attached hydrogens (tertiary/aromatic N) is 1.